The number of carbonyl (C=O) groups is 3. The van der Waals surface area contributed by atoms with E-state index in [-0.39, 0.29) is 5.91 Å². The average molecular weight is 289 g/mol. The molecule has 1 unspecified atom stereocenters. The zero-order valence-corrected chi connectivity index (χ0v) is 11.2. The van der Waals surface area contributed by atoms with Gasteiger partial charge in [0.25, 0.3) is 5.91 Å². The second kappa shape index (κ2) is 6.17. The van der Waals surface area contributed by atoms with Crippen molar-refractivity contribution in [3.63, 3.8) is 0 Å². The number of nitrogens with zero attached hydrogens (tertiary/aromatic N) is 2. The summed E-state index contributed by atoms with van der Waals surface area (Å²) < 4.78 is 0. The molecule has 0 radical (unpaired) electrons. The number of hydrogen-bond donors (Lipinski definition) is 2. The van der Waals surface area contributed by atoms with Crippen LogP contribution in [0.1, 0.15) is 28.8 Å². The van der Waals surface area contributed by atoms with Crippen LogP contribution in [0.5, 0.6) is 0 Å². The second-order valence-corrected chi connectivity index (χ2v) is 4.74. The Morgan fingerprint density at radius 2 is 2.14 bits per heavy atom. The van der Waals surface area contributed by atoms with E-state index in [1.54, 1.807) is 0 Å². The molecule has 7 nitrogen and oxygen atoms in total. The van der Waals surface area contributed by atoms with Crippen molar-refractivity contribution in [2.24, 2.45) is 5.73 Å². The van der Waals surface area contributed by atoms with E-state index in [1.165, 1.54) is 29.4 Å². The van der Waals surface area contributed by atoms with Gasteiger partial charge in [0.1, 0.15) is 6.04 Å². The maximum Gasteiger partial charge on any atom is 0.328 e. The molecule has 0 spiro atoms. The van der Waals surface area contributed by atoms with E-state index >= 15 is 0 Å². The third-order valence-corrected chi connectivity index (χ3v) is 3.27. The van der Waals surface area contributed by atoms with Crippen LogP contribution >= 0.6 is 0 Å². The van der Waals surface area contributed by atoms with Crippen LogP contribution in [0.2, 0.25) is 0 Å². The van der Waals surface area contributed by atoms with Gasteiger partial charge in [-0.25, -0.2) is 4.79 Å². The lowest BCUT2D eigenvalue weighted by molar-refractivity contribution is -0.131. The van der Waals surface area contributed by atoms with E-state index in [1.807, 2.05) is 0 Å². The molecule has 1 saturated heterocycles. The van der Waals surface area contributed by atoms with Crippen LogP contribution in [-0.2, 0) is 9.59 Å². The molecule has 1 atom stereocenters. The highest BCUT2D eigenvalue weighted by molar-refractivity contribution is 5.98. The summed E-state index contributed by atoms with van der Waals surface area (Å²) in [6.07, 6.45) is 6.44. The number of hydrogen-bond acceptors (Lipinski definition) is 4. The van der Waals surface area contributed by atoms with Crippen LogP contribution in [-0.4, -0.2) is 45.4 Å². The van der Waals surface area contributed by atoms with Gasteiger partial charge < -0.3 is 15.7 Å². The first-order valence-corrected chi connectivity index (χ1v) is 6.45. The predicted molar refractivity (Wildman–Crippen MR) is 74.2 cm³/mol. The molecule has 1 aromatic heterocycles. The van der Waals surface area contributed by atoms with E-state index in [2.05, 4.69) is 4.98 Å². The molecular formula is C14H15N3O4. The Kier molecular flexibility index (Phi) is 4.32. The minimum atomic E-state index is -1.08. The number of pyridine rings is 1. The lowest BCUT2D eigenvalue weighted by atomic mass is 10.1. The third kappa shape index (κ3) is 3.44. The summed E-state index contributed by atoms with van der Waals surface area (Å²) in [6, 6.07) is 0.946. The number of nitrogens with two attached hydrogens (primary N) is 1. The molecule has 0 aliphatic carbocycles. The molecule has 3 N–H and O–H groups in total. The van der Waals surface area contributed by atoms with E-state index in [0.29, 0.717) is 24.1 Å². The van der Waals surface area contributed by atoms with Crippen molar-refractivity contribution in [1.29, 1.82) is 0 Å². The van der Waals surface area contributed by atoms with E-state index in [9.17, 15) is 14.4 Å². The quantitative estimate of drug-likeness (QED) is 0.772. The highest BCUT2D eigenvalue weighted by Crippen LogP contribution is 2.20. The minimum Gasteiger partial charge on any atom is -0.478 e. The van der Waals surface area contributed by atoms with Crippen molar-refractivity contribution in [2.75, 3.05) is 6.54 Å². The molecule has 2 rings (SSSR count). The van der Waals surface area contributed by atoms with Crippen molar-refractivity contribution in [3.05, 3.63) is 35.7 Å². The largest absolute Gasteiger partial charge is 0.478 e. The van der Waals surface area contributed by atoms with E-state index in [0.717, 1.165) is 12.5 Å². The van der Waals surface area contributed by atoms with Gasteiger partial charge in [-0.15, -0.1) is 0 Å². The number of aromatic nitrogens is 1. The molecule has 1 aromatic rings. The monoisotopic (exact) mass is 289 g/mol. The first-order chi connectivity index (χ1) is 9.99. The summed E-state index contributed by atoms with van der Waals surface area (Å²) in [5, 5.41) is 8.59. The Hall–Kier alpha value is -2.70. The molecule has 2 heterocycles. The van der Waals surface area contributed by atoms with Crippen LogP contribution in [0.15, 0.2) is 24.5 Å². The van der Waals surface area contributed by atoms with E-state index < -0.39 is 17.9 Å². The van der Waals surface area contributed by atoms with Gasteiger partial charge in [-0.2, -0.15) is 0 Å². The molecule has 21 heavy (non-hydrogen) atoms. The lowest BCUT2D eigenvalue weighted by Crippen LogP contribution is -2.43. The van der Waals surface area contributed by atoms with Crippen molar-refractivity contribution in [2.45, 2.75) is 18.9 Å². The molecule has 0 saturated carbocycles. The van der Waals surface area contributed by atoms with Gasteiger partial charge in [0.05, 0.1) is 5.56 Å². The van der Waals surface area contributed by atoms with Gasteiger partial charge in [-0.1, -0.05) is 0 Å². The smallest absolute Gasteiger partial charge is 0.328 e. The maximum absolute atomic E-state index is 12.4. The second-order valence-electron chi connectivity index (χ2n) is 4.74. The Balaban J connectivity index is 2.21. The summed E-state index contributed by atoms with van der Waals surface area (Å²) in [5.41, 5.74) is 6.09. The van der Waals surface area contributed by atoms with E-state index in [4.69, 9.17) is 10.8 Å². The molecule has 1 fully saturated rings. The Morgan fingerprint density at radius 1 is 1.38 bits per heavy atom. The average Bonchev–Trinajstić information content (AvgIpc) is 2.94. The normalized spacial score (nSPS) is 18.1. The molecule has 7 heteroatoms. The highest BCUT2D eigenvalue weighted by atomic mass is 16.4. The Bertz CT molecular complexity index is 612. The number of rotatable bonds is 4. The summed E-state index contributed by atoms with van der Waals surface area (Å²) in [6.45, 7) is 0.474. The number of primary amides is 1. The molecule has 110 valence electrons. The van der Waals surface area contributed by atoms with Crippen molar-refractivity contribution in [1.82, 2.24) is 9.88 Å². The van der Waals surface area contributed by atoms with Gasteiger partial charge in [-0.3, -0.25) is 14.6 Å². The fraction of sp³-hybridized carbons (Fsp3) is 0.286. The number of carbonyl (C=O) groups excluding carboxylic acids is 2. The standard InChI is InChI=1S/C14H15N3O4/c15-13(20)11-2-1-5-17(11)14(21)10-6-9(7-16-8-10)3-4-12(18)19/h3-4,6-8,11H,1-2,5H2,(H2,15,20)(H,18,19). The van der Waals surface area contributed by atoms with Gasteiger partial charge in [0, 0.05) is 25.0 Å². The van der Waals surface area contributed by atoms with Gasteiger partial charge in [0.2, 0.25) is 5.91 Å². The predicted octanol–water partition coefficient (Wildman–Crippen LogP) is 0.269. The maximum atomic E-state index is 12.4. The van der Waals surface area contributed by atoms with Crippen molar-refractivity contribution < 1.29 is 19.5 Å². The Labute approximate surface area is 121 Å². The van der Waals surface area contributed by atoms with Crippen LogP contribution < -0.4 is 5.73 Å². The molecule has 1 aliphatic rings. The van der Waals surface area contributed by atoms with Crippen LogP contribution in [0.25, 0.3) is 6.08 Å². The third-order valence-electron chi connectivity index (χ3n) is 3.27. The minimum absolute atomic E-state index is 0.302. The van der Waals surface area contributed by atoms with Gasteiger partial charge in [0.15, 0.2) is 0 Å². The summed E-state index contributed by atoms with van der Waals surface area (Å²) >= 11 is 0. The summed E-state index contributed by atoms with van der Waals surface area (Å²) in [7, 11) is 0. The SMILES string of the molecule is NC(=O)C1CCCN1C(=O)c1cncc(C=CC(=O)O)c1. The number of likely N-dealkylation sites (tertiary alicyclic amines) is 1. The summed E-state index contributed by atoms with van der Waals surface area (Å²) in [5.74, 6) is -1.93. The van der Waals surface area contributed by atoms with Crippen molar-refractivity contribution in [3.8, 4) is 0 Å². The summed E-state index contributed by atoms with van der Waals surface area (Å²) in [4.78, 5) is 39.6. The highest BCUT2D eigenvalue weighted by Gasteiger charge is 2.33. The zero-order chi connectivity index (χ0) is 15.4. The molecule has 2 amide bonds. The first kappa shape index (κ1) is 14.7. The van der Waals surface area contributed by atoms with Crippen LogP contribution in [0.4, 0.5) is 0 Å². The molecule has 0 aromatic carbocycles. The molecule has 0 bridgehead atoms. The van der Waals surface area contributed by atoms with Gasteiger partial charge in [-0.05, 0) is 30.5 Å². The topological polar surface area (TPSA) is 114 Å². The number of carboxylic acid groups (broad SMARTS) is 1. The zero-order valence-electron chi connectivity index (χ0n) is 11.2. The lowest BCUT2D eigenvalue weighted by Gasteiger charge is -2.22. The molecular weight excluding hydrogens is 274 g/mol. The Morgan fingerprint density at radius 3 is 2.81 bits per heavy atom. The van der Waals surface area contributed by atoms with Gasteiger partial charge >= 0.3 is 5.97 Å². The number of carboxylic acids is 1. The number of aliphatic carboxylic acids is 1. The first-order valence-electron chi connectivity index (χ1n) is 6.45. The fourth-order valence-electron chi connectivity index (χ4n) is 2.30. The number of amides is 2. The van der Waals surface area contributed by atoms with Crippen LogP contribution in [0, 0.1) is 0 Å². The molecule has 1 aliphatic heterocycles. The fourth-order valence-corrected chi connectivity index (χ4v) is 2.30. The van der Waals surface area contributed by atoms with Crippen LogP contribution in [0.3, 0.4) is 0 Å². The van der Waals surface area contributed by atoms with Crippen molar-refractivity contribution >= 4 is 23.9 Å².